The molecule has 1 heterocycles. The van der Waals surface area contributed by atoms with Crippen molar-refractivity contribution in [3.8, 4) is 0 Å². The van der Waals surface area contributed by atoms with E-state index in [2.05, 4.69) is 4.98 Å². The highest BCUT2D eigenvalue weighted by Crippen LogP contribution is 2.34. The van der Waals surface area contributed by atoms with Crippen molar-refractivity contribution in [2.75, 3.05) is 5.73 Å². The number of benzene rings is 1. The zero-order valence-corrected chi connectivity index (χ0v) is 9.52. The Balaban J connectivity index is 2.76. The van der Waals surface area contributed by atoms with Crippen LogP contribution < -0.4 is 5.73 Å². The molecule has 0 aliphatic rings. The lowest BCUT2D eigenvalue weighted by atomic mass is 10.1. The number of anilines is 1. The average Bonchev–Trinajstić information content (AvgIpc) is 2.24. The van der Waals surface area contributed by atoms with Gasteiger partial charge in [-0.1, -0.05) is 17.7 Å². The summed E-state index contributed by atoms with van der Waals surface area (Å²) in [7, 11) is 0. The Hall–Kier alpha value is -1.49. The second-order valence-electron chi connectivity index (χ2n) is 3.65. The standard InChI is InChI=1S/C11H8ClF3N2/c1-5-9(12)10(16)7-3-2-6(11(13,14)15)4-8(7)17-5/h2-4H,1H3,(H2,16,17). The molecule has 0 aliphatic carbocycles. The zero-order valence-electron chi connectivity index (χ0n) is 8.77. The fourth-order valence-corrected chi connectivity index (χ4v) is 1.72. The molecule has 0 fully saturated rings. The van der Waals surface area contributed by atoms with E-state index in [1.165, 1.54) is 6.07 Å². The van der Waals surface area contributed by atoms with Gasteiger partial charge in [-0.25, -0.2) is 0 Å². The van der Waals surface area contributed by atoms with E-state index in [0.29, 0.717) is 11.1 Å². The predicted octanol–water partition coefficient (Wildman–Crippen LogP) is 3.80. The van der Waals surface area contributed by atoms with Gasteiger partial charge in [0.1, 0.15) is 0 Å². The molecule has 0 saturated heterocycles. The Bertz CT molecular complexity index is 593. The summed E-state index contributed by atoms with van der Waals surface area (Å²) in [5, 5.41) is 0.700. The maximum atomic E-state index is 12.5. The number of nitrogen functional groups attached to an aromatic ring is 1. The molecule has 0 atom stereocenters. The van der Waals surface area contributed by atoms with Gasteiger partial charge < -0.3 is 5.73 Å². The van der Waals surface area contributed by atoms with Crippen molar-refractivity contribution in [1.82, 2.24) is 4.98 Å². The van der Waals surface area contributed by atoms with Gasteiger partial charge >= 0.3 is 6.18 Å². The SMILES string of the molecule is Cc1nc2cc(C(F)(F)F)ccc2c(N)c1Cl. The van der Waals surface area contributed by atoms with Crippen LogP contribution >= 0.6 is 11.6 Å². The highest BCUT2D eigenvalue weighted by atomic mass is 35.5. The van der Waals surface area contributed by atoms with Crippen molar-refractivity contribution in [3.63, 3.8) is 0 Å². The van der Waals surface area contributed by atoms with Crippen LogP contribution in [0.3, 0.4) is 0 Å². The molecule has 0 aliphatic heterocycles. The minimum Gasteiger partial charge on any atom is -0.397 e. The Morgan fingerprint density at radius 2 is 1.94 bits per heavy atom. The van der Waals surface area contributed by atoms with E-state index in [1.807, 2.05) is 0 Å². The molecule has 2 N–H and O–H groups in total. The number of aromatic nitrogens is 1. The van der Waals surface area contributed by atoms with Crippen LogP contribution in [0.2, 0.25) is 5.02 Å². The molecular weight excluding hydrogens is 253 g/mol. The Morgan fingerprint density at radius 1 is 1.29 bits per heavy atom. The third-order valence-electron chi connectivity index (χ3n) is 2.46. The van der Waals surface area contributed by atoms with E-state index < -0.39 is 11.7 Å². The summed E-state index contributed by atoms with van der Waals surface area (Å²) >= 11 is 5.88. The first-order chi connectivity index (χ1) is 7.80. The van der Waals surface area contributed by atoms with Crippen molar-refractivity contribution in [1.29, 1.82) is 0 Å². The summed E-state index contributed by atoms with van der Waals surface area (Å²) in [6, 6.07) is 3.22. The van der Waals surface area contributed by atoms with E-state index in [9.17, 15) is 13.2 Å². The van der Waals surface area contributed by atoms with Gasteiger partial charge in [0, 0.05) is 5.39 Å². The highest BCUT2D eigenvalue weighted by molar-refractivity contribution is 6.35. The molecule has 0 saturated carbocycles. The zero-order chi connectivity index (χ0) is 12.8. The molecule has 2 nitrogen and oxygen atoms in total. The van der Waals surface area contributed by atoms with E-state index in [1.54, 1.807) is 6.92 Å². The van der Waals surface area contributed by atoms with E-state index in [4.69, 9.17) is 17.3 Å². The predicted molar refractivity (Wildman–Crippen MR) is 60.9 cm³/mol. The summed E-state index contributed by atoms with van der Waals surface area (Å²) in [6.45, 7) is 1.60. The van der Waals surface area contributed by atoms with Crippen molar-refractivity contribution < 1.29 is 13.2 Å². The van der Waals surface area contributed by atoms with Gasteiger partial charge in [-0.15, -0.1) is 0 Å². The largest absolute Gasteiger partial charge is 0.416 e. The molecule has 0 unspecified atom stereocenters. The minimum absolute atomic E-state index is 0.194. The van der Waals surface area contributed by atoms with Gasteiger partial charge in [-0.3, -0.25) is 4.98 Å². The first-order valence-electron chi connectivity index (χ1n) is 4.73. The van der Waals surface area contributed by atoms with Crippen LogP contribution in [0.25, 0.3) is 10.9 Å². The Kier molecular flexibility index (Phi) is 2.66. The van der Waals surface area contributed by atoms with Gasteiger partial charge in [0.25, 0.3) is 0 Å². The fraction of sp³-hybridized carbons (Fsp3) is 0.182. The van der Waals surface area contributed by atoms with E-state index in [0.717, 1.165) is 12.1 Å². The van der Waals surface area contributed by atoms with Crippen LogP contribution in [0, 0.1) is 6.92 Å². The van der Waals surface area contributed by atoms with Crippen molar-refractivity contribution in [2.24, 2.45) is 0 Å². The minimum atomic E-state index is -4.39. The van der Waals surface area contributed by atoms with Crippen LogP contribution in [0.1, 0.15) is 11.3 Å². The first kappa shape index (κ1) is 12.0. The smallest absolute Gasteiger partial charge is 0.397 e. The second-order valence-corrected chi connectivity index (χ2v) is 4.03. The van der Waals surface area contributed by atoms with Gasteiger partial charge in [0.2, 0.25) is 0 Å². The van der Waals surface area contributed by atoms with Gasteiger partial charge in [-0.05, 0) is 19.1 Å². The molecule has 90 valence electrons. The lowest BCUT2D eigenvalue weighted by molar-refractivity contribution is -0.137. The lowest BCUT2D eigenvalue weighted by Crippen LogP contribution is -2.05. The Labute approximate surface area is 100 Å². The fourth-order valence-electron chi connectivity index (χ4n) is 1.57. The van der Waals surface area contributed by atoms with Crippen molar-refractivity contribution in [2.45, 2.75) is 13.1 Å². The van der Waals surface area contributed by atoms with Crippen LogP contribution in [0.5, 0.6) is 0 Å². The number of nitrogens with two attached hydrogens (primary N) is 1. The number of aryl methyl sites for hydroxylation is 1. The molecule has 6 heteroatoms. The summed E-state index contributed by atoms with van der Waals surface area (Å²) < 4.78 is 37.5. The van der Waals surface area contributed by atoms with Crippen LogP contribution in [-0.4, -0.2) is 4.98 Å². The molecule has 1 aromatic heterocycles. The molecule has 0 radical (unpaired) electrons. The normalized spacial score (nSPS) is 12.1. The number of hydrogen-bond donors (Lipinski definition) is 1. The molecule has 0 bridgehead atoms. The number of rotatable bonds is 0. The third-order valence-corrected chi connectivity index (χ3v) is 2.93. The topological polar surface area (TPSA) is 38.9 Å². The number of pyridine rings is 1. The maximum absolute atomic E-state index is 12.5. The van der Waals surface area contributed by atoms with Gasteiger partial charge in [0.05, 0.1) is 27.5 Å². The molecule has 2 rings (SSSR count). The summed E-state index contributed by atoms with van der Waals surface area (Å²) in [4.78, 5) is 4.00. The summed E-state index contributed by atoms with van der Waals surface area (Å²) in [6.07, 6.45) is -4.39. The van der Waals surface area contributed by atoms with E-state index >= 15 is 0 Å². The lowest BCUT2D eigenvalue weighted by Gasteiger charge is -2.10. The molecule has 2 aromatic rings. The van der Waals surface area contributed by atoms with Gasteiger partial charge in [0.15, 0.2) is 0 Å². The summed E-state index contributed by atoms with van der Waals surface area (Å²) in [5.41, 5.74) is 5.83. The van der Waals surface area contributed by atoms with Crippen molar-refractivity contribution >= 4 is 28.2 Å². The number of hydrogen-bond acceptors (Lipinski definition) is 2. The molecular formula is C11H8ClF3N2. The maximum Gasteiger partial charge on any atom is 0.416 e. The third kappa shape index (κ3) is 2.02. The van der Waals surface area contributed by atoms with Crippen LogP contribution in [-0.2, 0) is 6.18 Å². The Morgan fingerprint density at radius 3 is 2.53 bits per heavy atom. The van der Waals surface area contributed by atoms with E-state index in [-0.39, 0.29) is 16.2 Å². The number of fused-ring (bicyclic) bond motifs is 1. The molecule has 17 heavy (non-hydrogen) atoms. The van der Waals surface area contributed by atoms with Crippen LogP contribution in [0.4, 0.5) is 18.9 Å². The number of halogens is 4. The second kappa shape index (κ2) is 3.77. The van der Waals surface area contributed by atoms with Crippen molar-refractivity contribution in [3.05, 3.63) is 34.5 Å². The highest BCUT2D eigenvalue weighted by Gasteiger charge is 2.30. The van der Waals surface area contributed by atoms with Crippen LogP contribution in [0.15, 0.2) is 18.2 Å². The molecule has 0 amide bonds. The number of nitrogens with zero attached hydrogens (tertiary/aromatic N) is 1. The number of alkyl halides is 3. The van der Waals surface area contributed by atoms with Gasteiger partial charge in [-0.2, -0.15) is 13.2 Å². The quantitative estimate of drug-likeness (QED) is 0.782. The first-order valence-corrected chi connectivity index (χ1v) is 5.11. The molecule has 0 spiro atoms. The molecule has 1 aromatic carbocycles. The summed E-state index contributed by atoms with van der Waals surface area (Å²) in [5.74, 6) is 0. The monoisotopic (exact) mass is 260 g/mol. The average molecular weight is 261 g/mol.